The van der Waals surface area contributed by atoms with Crippen LogP contribution in [-0.2, 0) is 40.1 Å². The predicted octanol–water partition coefficient (Wildman–Crippen LogP) is 2.14. The third-order valence-corrected chi connectivity index (χ3v) is 8.09. The summed E-state index contributed by atoms with van der Waals surface area (Å²) in [5, 5.41) is 21.0. The number of amides is 3. The molecule has 1 aromatic carbocycles. The van der Waals surface area contributed by atoms with E-state index in [0.717, 1.165) is 17.8 Å². The number of carbonyl (C=O) groups is 4. The number of oxime groups is 1. The van der Waals surface area contributed by atoms with Crippen molar-refractivity contribution in [3.63, 3.8) is 0 Å². The quantitative estimate of drug-likeness (QED) is 0.0600. The van der Waals surface area contributed by atoms with E-state index < -0.39 is 34.1 Å². The van der Waals surface area contributed by atoms with Crippen molar-refractivity contribution in [2.24, 2.45) is 5.16 Å². The third-order valence-electron chi connectivity index (χ3n) is 6.07. The molecular weight excluding hydrogens is 592 g/mol. The Morgan fingerprint density at radius 1 is 1.31 bits per heavy atom. The van der Waals surface area contributed by atoms with Crippen LogP contribution >= 0.6 is 23.1 Å². The maximum atomic E-state index is 13.3. The zero-order valence-electron chi connectivity index (χ0n) is 22.4. The van der Waals surface area contributed by atoms with Crippen LogP contribution in [0.4, 0.5) is 10.8 Å². The van der Waals surface area contributed by atoms with Crippen LogP contribution in [0.3, 0.4) is 0 Å². The van der Waals surface area contributed by atoms with E-state index in [1.54, 1.807) is 0 Å². The number of hydrogen-bond acceptors (Lipinski definition) is 13. The van der Waals surface area contributed by atoms with Gasteiger partial charge in [0.25, 0.3) is 17.5 Å². The zero-order chi connectivity index (χ0) is 30.2. The van der Waals surface area contributed by atoms with Crippen LogP contribution in [0.2, 0.25) is 0 Å². The first-order chi connectivity index (χ1) is 20.3. The number of thiazole rings is 1. The Balaban J connectivity index is 1.46. The van der Waals surface area contributed by atoms with Crippen LogP contribution < -0.4 is 10.6 Å². The summed E-state index contributed by atoms with van der Waals surface area (Å²) in [5.41, 5.74) is 0.297. The van der Waals surface area contributed by atoms with E-state index in [1.807, 2.05) is 6.92 Å². The lowest BCUT2D eigenvalue weighted by Gasteiger charge is -2.49. The average Bonchev–Trinajstić information content (AvgIpc) is 3.46. The molecule has 17 heteroatoms. The van der Waals surface area contributed by atoms with Gasteiger partial charge in [-0.1, -0.05) is 18.5 Å². The molecule has 42 heavy (non-hydrogen) atoms. The number of unbranched alkanes of at least 4 members (excludes halogenated alkanes) is 1. The maximum Gasteiger partial charge on any atom is 0.358 e. The predicted molar refractivity (Wildman–Crippen MR) is 151 cm³/mol. The van der Waals surface area contributed by atoms with Crippen molar-refractivity contribution in [2.45, 2.75) is 37.8 Å². The number of ether oxygens (including phenoxy) is 2. The monoisotopic (exact) mass is 618 g/mol. The number of benzene rings is 1. The van der Waals surface area contributed by atoms with Gasteiger partial charge in [-0.15, -0.1) is 23.1 Å². The summed E-state index contributed by atoms with van der Waals surface area (Å²) in [6.45, 7) is 2.04. The number of rotatable bonds is 14. The molecule has 2 aliphatic rings. The second kappa shape index (κ2) is 13.9. The number of β-lactam (4-membered cyclic amide) rings is 1. The first kappa shape index (κ1) is 30.4. The summed E-state index contributed by atoms with van der Waals surface area (Å²) in [7, 11) is 1.37. The normalized spacial score (nSPS) is 18.0. The summed E-state index contributed by atoms with van der Waals surface area (Å²) < 4.78 is 10.7. The number of non-ortho nitro benzene ring substituents is 1. The minimum atomic E-state index is -0.995. The van der Waals surface area contributed by atoms with Crippen LogP contribution in [-0.4, -0.2) is 75.6 Å². The Bertz CT molecular complexity index is 1430. The van der Waals surface area contributed by atoms with Crippen molar-refractivity contribution in [3.05, 3.63) is 62.5 Å². The number of esters is 1. The molecule has 1 saturated heterocycles. The van der Waals surface area contributed by atoms with E-state index in [-0.39, 0.29) is 52.6 Å². The van der Waals surface area contributed by atoms with Crippen LogP contribution in [0.1, 0.15) is 31.0 Å². The van der Waals surface area contributed by atoms with E-state index in [9.17, 15) is 29.3 Å². The van der Waals surface area contributed by atoms with Crippen molar-refractivity contribution in [1.29, 1.82) is 0 Å². The minimum absolute atomic E-state index is 0.0838. The van der Waals surface area contributed by atoms with E-state index in [1.165, 1.54) is 53.4 Å². The summed E-state index contributed by atoms with van der Waals surface area (Å²) in [4.78, 5) is 71.3. The molecule has 1 unspecified atom stereocenters. The molecule has 0 aliphatic carbocycles. The molecular formula is C25H26N6O9S2. The molecule has 0 spiro atoms. The van der Waals surface area contributed by atoms with Crippen molar-refractivity contribution in [2.75, 3.05) is 24.8 Å². The molecule has 15 nitrogen and oxygen atoms in total. The van der Waals surface area contributed by atoms with Gasteiger partial charge in [0.15, 0.2) is 16.5 Å². The largest absolute Gasteiger partial charge is 0.498 e. The highest BCUT2D eigenvalue weighted by molar-refractivity contribution is 8.00. The van der Waals surface area contributed by atoms with Gasteiger partial charge in [-0.25, -0.2) is 9.78 Å². The first-order valence-corrected chi connectivity index (χ1v) is 14.5. The fraction of sp³-hybridized carbons (Fsp3) is 0.360. The molecule has 4 rings (SSSR count). The number of hydrogen-bond donors (Lipinski definition) is 2. The number of methoxy groups -OCH3 is 1. The number of anilines is 1. The number of thioether (sulfide) groups is 1. The fourth-order valence-electron chi connectivity index (χ4n) is 3.90. The standard InChI is InChI=1S/C25H26N6O9S2/c1-3-4-9-40-29-18(16-11-42-25(27-16)26-13-32)21(33)28-19-22(34)30-20(17(38-2)12-41-23(19)30)24(35)39-10-14-5-7-15(8-6-14)31(36)37/h5-8,11,13,19,23H,3-4,9-10,12H2,1-2H3,(H,28,33)(H,26,27,32)/t19?,23-/m0/s1. The summed E-state index contributed by atoms with van der Waals surface area (Å²) in [6.07, 6.45) is 2.01. The zero-order valence-corrected chi connectivity index (χ0v) is 24.1. The highest BCUT2D eigenvalue weighted by Gasteiger charge is 2.55. The van der Waals surface area contributed by atoms with Gasteiger partial charge < -0.3 is 24.9 Å². The second-order valence-corrected chi connectivity index (χ2v) is 10.7. The molecule has 3 heterocycles. The van der Waals surface area contributed by atoms with Gasteiger partial charge in [0.1, 0.15) is 36.1 Å². The number of carbonyl (C=O) groups excluding carboxylic acids is 4. The SMILES string of the molecule is CCCCON=C(C(=O)NC1C(=O)N2C(C(=O)OCc3ccc([N+](=O)[O-])cc3)=C(OC)CS[C@@H]12)c1csc(NC=O)n1. The Morgan fingerprint density at radius 3 is 2.74 bits per heavy atom. The Morgan fingerprint density at radius 2 is 2.07 bits per heavy atom. The lowest BCUT2D eigenvalue weighted by atomic mass is 10.0. The minimum Gasteiger partial charge on any atom is -0.498 e. The fourth-order valence-corrected chi connectivity index (χ4v) is 5.87. The molecule has 2 atom stereocenters. The van der Waals surface area contributed by atoms with Crippen molar-refractivity contribution >= 4 is 63.8 Å². The molecule has 3 amide bonds. The lowest BCUT2D eigenvalue weighted by Crippen LogP contribution is -2.71. The Labute approximate surface area is 247 Å². The van der Waals surface area contributed by atoms with E-state index >= 15 is 0 Å². The van der Waals surface area contributed by atoms with Crippen LogP contribution in [0.15, 0.2) is 46.3 Å². The van der Waals surface area contributed by atoms with Gasteiger partial charge in [0, 0.05) is 17.5 Å². The number of fused-ring (bicyclic) bond motifs is 1. The lowest BCUT2D eigenvalue weighted by molar-refractivity contribution is -0.384. The highest BCUT2D eigenvalue weighted by Crippen LogP contribution is 2.41. The molecule has 2 N–H and O–H groups in total. The molecule has 0 radical (unpaired) electrons. The molecule has 1 fully saturated rings. The second-order valence-electron chi connectivity index (χ2n) is 8.76. The summed E-state index contributed by atoms with van der Waals surface area (Å²) >= 11 is 2.37. The molecule has 0 saturated carbocycles. The number of nitrogens with zero attached hydrogens (tertiary/aromatic N) is 4. The van der Waals surface area contributed by atoms with Crippen molar-refractivity contribution in [3.8, 4) is 0 Å². The highest BCUT2D eigenvalue weighted by atomic mass is 32.2. The van der Waals surface area contributed by atoms with E-state index in [4.69, 9.17) is 14.3 Å². The van der Waals surface area contributed by atoms with Crippen LogP contribution in [0.5, 0.6) is 0 Å². The van der Waals surface area contributed by atoms with Gasteiger partial charge in [-0.2, -0.15) is 0 Å². The van der Waals surface area contributed by atoms with Gasteiger partial charge in [-0.3, -0.25) is 29.4 Å². The molecule has 0 bridgehead atoms. The van der Waals surface area contributed by atoms with Gasteiger partial charge in [0.05, 0.1) is 17.8 Å². The maximum absolute atomic E-state index is 13.3. The molecule has 2 aliphatic heterocycles. The van der Waals surface area contributed by atoms with E-state index in [0.29, 0.717) is 18.4 Å². The molecule has 2 aromatic rings. The van der Waals surface area contributed by atoms with E-state index in [2.05, 4.69) is 20.8 Å². The van der Waals surface area contributed by atoms with Gasteiger partial charge in [-0.05, 0) is 24.1 Å². The van der Waals surface area contributed by atoms with Crippen molar-refractivity contribution in [1.82, 2.24) is 15.2 Å². The summed E-state index contributed by atoms with van der Waals surface area (Å²) in [6, 6.07) is 4.51. The molecule has 1 aromatic heterocycles. The van der Waals surface area contributed by atoms with Gasteiger partial charge in [0.2, 0.25) is 6.41 Å². The average molecular weight is 619 g/mol. The number of aromatic nitrogens is 1. The summed E-state index contributed by atoms with van der Waals surface area (Å²) in [5.74, 6) is -1.65. The number of nitrogens with one attached hydrogen (secondary N) is 2. The number of nitro groups is 1. The Kier molecular flexibility index (Phi) is 10.1. The van der Waals surface area contributed by atoms with Crippen LogP contribution in [0.25, 0.3) is 0 Å². The number of nitro benzene ring substituents is 1. The van der Waals surface area contributed by atoms with Crippen molar-refractivity contribution < 1.29 is 38.4 Å². The van der Waals surface area contributed by atoms with Gasteiger partial charge >= 0.3 is 5.97 Å². The molecule has 222 valence electrons. The van der Waals surface area contributed by atoms with Crippen LogP contribution in [0, 0.1) is 10.1 Å². The Hall–Kier alpha value is -4.51. The first-order valence-electron chi connectivity index (χ1n) is 12.6. The topological polar surface area (TPSA) is 192 Å². The smallest absolute Gasteiger partial charge is 0.358 e. The third kappa shape index (κ3) is 6.68.